The van der Waals surface area contributed by atoms with E-state index in [4.69, 9.17) is 4.98 Å². The van der Waals surface area contributed by atoms with Gasteiger partial charge in [0.15, 0.2) is 0 Å². The highest BCUT2D eigenvalue weighted by atomic mass is 19.1. The van der Waals surface area contributed by atoms with E-state index in [9.17, 15) is 19.1 Å². The third-order valence-corrected chi connectivity index (χ3v) is 8.64. The van der Waals surface area contributed by atoms with Crippen molar-refractivity contribution in [2.75, 3.05) is 43.9 Å². The average Bonchev–Trinajstić information content (AvgIpc) is 3.59. The van der Waals surface area contributed by atoms with E-state index in [0.717, 1.165) is 70.9 Å². The van der Waals surface area contributed by atoms with Gasteiger partial charge in [0.05, 0.1) is 11.4 Å². The van der Waals surface area contributed by atoms with Crippen LogP contribution in [0.1, 0.15) is 28.0 Å². The number of fused-ring (bicyclic) bond motifs is 5. The van der Waals surface area contributed by atoms with E-state index in [0.29, 0.717) is 23.9 Å². The molecule has 0 amide bonds. The number of halogens is 1. The molecule has 3 aromatic heterocycles. The van der Waals surface area contributed by atoms with Crippen LogP contribution < -0.4 is 15.8 Å². The Balaban J connectivity index is 1.49. The molecule has 1 aromatic carbocycles. The molecule has 3 aliphatic rings. The minimum atomic E-state index is -1.26. The first-order valence-electron chi connectivity index (χ1n) is 13.2. The lowest BCUT2D eigenvalue weighted by Crippen LogP contribution is -2.35. The fourth-order valence-electron chi connectivity index (χ4n) is 6.87. The Morgan fingerprint density at radius 2 is 1.97 bits per heavy atom. The second kappa shape index (κ2) is 8.64. The van der Waals surface area contributed by atoms with Crippen LogP contribution in [0.25, 0.3) is 27.8 Å². The highest BCUT2D eigenvalue weighted by Crippen LogP contribution is 2.51. The normalized spacial score (nSPS) is 19.8. The molecular weight excluding hydrogens is 497 g/mol. The number of hydrogen-bond donors (Lipinski definition) is 2. The van der Waals surface area contributed by atoms with Gasteiger partial charge in [-0.05, 0) is 60.8 Å². The number of aromatic nitrogens is 2. The van der Waals surface area contributed by atoms with E-state index in [1.54, 1.807) is 25.4 Å². The van der Waals surface area contributed by atoms with E-state index in [1.165, 1.54) is 16.5 Å². The molecule has 2 fully saturated rings. The zero-order valence-corrected chi connectivity index (χ0v) is 21.7. The first kappa shape index (κ1) is 23.8. The summed E-state index contributed by atoms with van der Waals surface area (Å²) in [6.45, 7) is 2.87. The molecule has 4 aromatic rings. The molecule has 0 saturated carbocycles. The molecule has 2 saturated heterocycles. The van der Waals surface area contributed by atoms with Gasteiger partial charge in [0.2, 0.25) is 0 Å². The van der Waals surface area contributed by atoms with Crippen LogP contribution in [0, 0.1) is 11.7 Å². The Morgan fingerprint density at radius 3 is 2.77 bits per heavy atom. The van der Waals surface area contributed by atoms with Crippen LogP contribution >= 0.6 is 0 Å². The lowest BCUT2D eigenvalue weighted by atomic mass is 9.97. The average molecular weight is 526 g/mol. The quantitative estimate of drug-likeness (QED) is 0.367. The smallest absolute Gasteiger partial charge is 0.341 e. The van der Waals surface area contributed by atoms with Gasteiger partial charge < -0.3 is 20.2 Å². The highest BCUT2D eigenvalue weighted by molar-refractivity contribution is 5.97. The molecule has 2 atom stereocenters. The predicted octanol–water partition coefficient (Wildman–Crippen LogP) is 3.95. The van der Waals surface area contributed by atoms with Crippen LogP contribution in [0.15, 0.2) is 53.6 Å². The van der Waals surface area contributed by atoms with E-state index in [1.807, 2.05) is 18.3 Å². The van der Waals surface area contributed by atoms with Crippen LogP contribution in [-0.2, 0) is 6.42 Å². The van der Waals surface area contributed by atoms with Crippen molar-refractivity contribution in [2.24, 2.45) is 5.92 Å². The van der Waals surface area contributed by atoms with Gasteiger partial charge >= 0.3 is 5.97 Å². The zero-order chi connectivity index (χ0) is 27.0. The van der Waals surface area contributed by atoms with E-state index < -0.39 is 11.5 Å². The minimum Gasteiger partial charge on any atom is -0.477 e. The molecule has 1 aliphatic carbocycles. The van der Waals surface area contributed by atoms with Crippen LogP contribution in [-0.4, -0.2) is 65.1 Å². The maximum atomic E-state index is 14.9. The summed E-state index contributed by atoms with van der Waals surface area (Å²) in [6.07, 6.45) is 5.23. The first-order chi connectivity index (χ1) is 18.8. The van der Waals surface area contributed by atoms with Crippen LogP contribution in [0.5, 0.6) is 0 Å². The van der Waals surface area contributed by atoms with Crippen molar-refractivity contribution in [3.63, 3.8) is 0 Å². The molecule has 2 N–H and O–H groups in total. The fourth-order valence-corrected chi connectivity index (χ4v) is 6.87. The summed E-state index contributed by atoms with van der Waals surface area (Å²) in [4.78, 5) is 34.4. The Kier molecular flexibility index (Phi) is 5.28. The van der Waals surface area contributed by atoms with E-state index in [2.05, 4.69) is 22.2 Å². The zero-order valence-electron chi connectivity index (χ0n) is 21.7. The number of rotatable bonds is 4. The number of hydrogen-bond acceptors (Lipinski definition) is 6. The summed E-state index contributed by atoms with van der Waals surface area (Å²) in [5.74, 6) is -1.02. The fraction of sp³-hybridized carbons (Fsp3) is 0.300. The summed E-state index contributed by atoms with van der Waals surface area (Å²) in [7, 11) is 3.95. The van der Waals surface area contributed by atoms with E-state index in [-0.39, 0.29) is 11.4 Å². The molecule has 2 aliphatic heterocycles. The number of nitrogens with zero attached hydrogens (tertiary/aromatic N) is 4. The minimum absolute atomic E-state index is 0.280. The van der Waals surface area contributed by atoms with Crippen molar-refractivity contribution in [3.8, 4) is 22.3 Å². The van der Waals surface area contributed by atoms with Gasteiger partial charge in [0.1, 0.15) is 11.4 Å². The molecule has 5 heterocycles. The first-order valence-corrected chi connectivity index (χ1v) is 13.2. The third kappa shape index (κ3) is 3.56. The van der Waals surface area contributed by atoms with Crippen molar-refractivity contribution >= 4 is 22.9 Å². The lowest BCUT2D eigenvalue weighted by Gasteiger charge is -2.31. The monoisotopic (exact) mass is 525 g/mol. The molecule has 0 spiro atoms. The Morgan fingerprint density at radius 1 is 1.15 bits per heavy atom. The van der Waals surface area contributed by atoms with Gasteiger partial charge in [-0.2, -0.15) is 0 Å². The van der Waals surface area contributed by atoms with Gasteiger partial charge in [-0.3, -0.25) is 14.2 Å². The van der Waals surface area contributed by atoms with Crippen molar-refractivity contribution in [1.82, 2.24) is 14.3 Å². The number of likely N-dealkylation sites (N-methyl/N-ethyl adjacent to an activating group) is 1. The molecule has 198 valence electrons. The molecule has 0 radical (unpaired) electrons. The van der Waals surface area contributed by atoms with Crippen molar-refractivity contribution < 1.29 is 14.3 Å². The third-order valence-electron chi connectivity index (χ3n) is 8.64. The second-order valence-electron chi connectivity index (χ2n) is 10.8. The predicted molar refractivity (Wildman–Crippen MR) is 148 cm³/mol. The van der Waals surface area contributed by atoms with Gasteiger partial charge in [-0.1, -0.05) is 6.07 Å². The number of likely N-dealkylation sites (tertiary alicyclic amines) is 1. The van der Waals surface area contributed by atoms with Crippen molar-refractivity contribution in [3.05, 3.63) is 81.8 Å². The number of aromatic carboxylic acids is 1. The molecule has 0 bridgehead atoms. The molecule has 0 unspecified atom stereocenters. The van der Waals surface area contributed by atoms with Crippen molar-refractivity contribution in [2.45, 2.75) is 18.9 Å². The van der Waals surface area contributed by atoms with E-state index >= 15 is 0 Å². The second-order valence-corrected chi connectivity index (χ2v) is 10.8. The number of nitrogens with one attached hydrogen (secondary N) is 1. The topological polar surface area (TPSA) is 90.2 Å². The Hall–Kier alpha value is -4.24. The Labute approximate surface area is 224 Å². The van der Waals surface area contributed by atoms with Crippen LogP contribution in [0.2, 0.25) is 0 Å². The maximum Gasteiger partial charge on any atom is 0.341 e. The largest absolute Gasteiger partial charge is 0.477 e. The number of carbonyl (C=O) groups is 1. The van der Waals surface area contributed by atoms with Gasteiger partial charge in [0.25, 0.3) is 5.56 Å². The van der Waals surface area contributed by atoms with Gasteiger partial charge in [0, 0.05) is 79.4 Å². The Bertz CT molecular complexity index is 1750. The highest BCUT2D eigenvalue weighted by Gasteiger charge is 2.43. The summed E-state index contributed by atoms with van der Waals surface area (Å²) in [6, 6.07) is 10.2. The molecule has 8 nitrogen and oxygen atoms in total. The number of carboxylic acids is 1. The molecule has 9 heteroatoms. The van der Waals surface area contributed by atoms with Crippen LogP contribution in [0.4, 0.5) is 15.8 Å². The molecule has 39 heavy (non-hydrogen) atoms. The SMILES string of the molecule is CNc1cc(F)cc2c1Cc1ncc(-c3ccc4ccc(C(=O)O)c(=O)n4c3)c(N3CC[C@@H]4CN(C)C[C@@H]43)c1-2. The number of benzene rings is 1. The van der Waals surface area contributed by atoms with Crippen LogP contribution in [0.3, 0.4) is 0 Å². The summed E-state index contributed by atoms with van der Waals surface area (Å²) >= 11 is 0. The van der Waals surface area contributed by atoms with Gasteiger partial charge in [-0.25, -0.2) is 9.18 Å². The number of pyridine rings is 3. The summed E-state index contributed by atoms with van der Waals surface area (Å²) in [5.41, 5.74) is 6.85. The van der Waals surface area contributed by atoms with Gasteiger partial charge in [-0.15, -0.1) is 0 Å². The molecule has 7 rings (SSSR count). The number of anilines is 2. The molecular formula is C30H28FN5O3. The standard InChI is InChI=1S/C30H28FN5O3/c1-32-24-10-18(31)9-22-21(24)11-25-27(22)28(35-8-7-17-13-34(2)15-26(17)35)23(12-33-25)16-3-4-19-5-6-20(30(38)39)29(37)36(19)14-16/h3-6,9-10,12,14,17,26,32H,7-8,11,13,15H2,1-2H3,(H,38,39)/t17-,26+/m1/s1. The number of carboxylic acid groups (broad SMARTS) is 1. The lowest BCUT2D eigenvalue weighted by molar-refractivity contribution is 0.0694. The summed E-state index contributed by atoms with van der Waals surface area (Å²) in [5, 5.41) is 12.6. The maximum absolute atomic E-state index is 14.9. The summed E-state index contributed by atoms with van der Waals surface area (Å²) < 4.78 is 16.2. The van der Waals surface area contributed by atoms with Crippen molar-refractivity contribution in [1.29, 1.82) is 0 Å².